The first-order chi connectivity index (χ1) is 22.7. The number of pyridine rings is 1. The highest BCUT2D eigenvalue weighted by Crippen LogP contribution is 2.37. The van der Waals surface area contributed by atoms with E-state index in [0.717, 1.165) is 35.5 Å². The molecule has 1 amide bonds. The lowest BCUT2D eigenvalue weighted by Gasteiger charge is -2.44. The molecule has 48 heavy (non-hydrogen) atoms. The van der Waals surface area contributed by atoms with Gasteiger partial charge < -0.3 is 29.2 Å². The molecule has 0 radical (unpaired) electrons. The number of piperidine rings is 1. The largest absolute Gasteiger partial charge is 0.433 e. The molecule has 0 saturated carbocycles. The Morgan fingerprint density at radius 2 is 1.71 bits per heavy atom. The number of nitrogens with zero attached hydrogens (tertiary/aromatic N) is 4. The van der Waals surface area contributed by atoms with Crippen molar-refractivity contribution in [2.24, 2.45) is 0 Å². The third-order valence-corrected chi connectivity index (χ3v) is 14.7. The number of carbonyl (C=O) groups is 1. The van der Waals surface area contributed by atoms with Crippen molar-refractivity contribution in [1.29, 1.82) is 0 Å². The summed E-state index contributed by atoms with van der Waals surface area (Å²) < 4.78 is 37.4. The first-order valence-corrected chi connectivity index (χ1v) is 19.9. The van der Waals surface area contributed by atoms with Crippen molar-refractivity contribution in [3.63, 3.8) is 0 Å². The Kier molecular flexibility index (Phi) is 11.0. The Morgan fingerprint density at radius 3 is 2.38 bits per heavy atom. The van der Waals surface area contributed by atoms with E-state index in [9.17, 15) is 13.6 Å². The van der Waals surface area contributed by atoms with Crippen LogP contribution in [0.1, 0.15) is 55.1 Å². The molecule has 0 spiro atoms. The highest BCUT2D eigenvalue weighted by molar-refractivity contribution is 6.74. The van der Waals surface area contributed by atoms with Crippen molar-refractivity contribution in [3.05, 3.63) is 77.5 Å². The third kappa shape index (κ3) is 8.29. The quantitative estimate of drug-likeness (QED) is 0.220. The number of aromatic nitrogens is 1. The zero-order valence-electron chi connectivity index (χ0n) is 29.4. The maximum Gasteiger partial charge on any atom is 0.387 e. The maximum atomic E-state index is 14.2. The number of nitrogens with one attached hydrogen (secondary N) is 1. The predicted octanol–water partition coefficient (Wildman–Crippen LogP) is 7.73. The number of aryl methyl sites for hydroxylation is 2. The molecular weight excluding hydrogens is 629 g/mol. The molecule has 2 aliphatic rings. The second-order valence-corrected chi connectivity index (χ2v) is 19.4. The van der Waals surface area contributed by atoms with Crippen molar-refractivity contribution in [3.8, 4) is 5.75 Å². The van der Waals surface area contributed by atoms with Gasteiger partial charge in [0.15, 0.2) is 8.32 Å². The van der Waals surface area contributed by atoms with E-state index >= 15 is 0 Å². The first kappa shape index (κ1) is 35.6. The Labute approximate surface area is 285 Å². The van der Waals surface area contributed by atoms with Crippen LogP contribution in [-0.4, -0.2) is 82.1 Å². The molecule has 2 saturated heterocycles. The summed E-state index contributed by atoms with van der Waals surface area (Å²) in [5, 5.41) is 3.78. The van der Waals surface area contributed by atoms with Crippen molar-refractivity contribution >= 4 is 31.4 Å². The average Bonchev–Trinajstić information content (AvgIpc) is 3.05. The van der Waals surface area contributed by atoms with Gasteiger partial charge in [-0.3, -0.25) is 4.79 Å². The van der Waals surface area contributed by atoms with Gasteiger partial charge in [0.2, 0.25) is 0 Å². The Hall–Kier alpha value is -3.70. The predicted molar refractivity (Wildman–Crippen MR) is 192 cm³/mol. The van der Waals surface area contributed by atoms with Gasteiger partial charge in [-0.15, -0.1) is 0 Å². The second kappa shape index (κ2) is 14.8. The third-order valence-electron chi connectivity index (χ3n) is 10.2. The van der Waals surface area contributed by atoms with Crippen molar-refractivity contribution in [2.75, 3.05) is 54.4 Å². The zero-order valence-corrected chi connectivity index (χ0v) is 30.4. The molecule has 1 atom stereocenters. The second-order valence-electron chi connectivity index (χ2n) is 14.6. The molecule has 2 aliphatic heterocycles. The number of benzene rings is 2. The summed E-state index contributed by atoms with van der Waals surface area (Å²) in [4.78, 5) is 25.2. The number of piperazine rings is 1. The monoisotopic (exact) mass is 679 g/mol. The minimum atomic E-state index is -2.86. The minimum Gasteiger partial charge on any atom is -0.433 e. The lowest BCUT2D eigenvalue weighted by Crippen LogP contribution is -2.58. The number of alkyl halides is 2. The molecule has 2 aromatic carbocycles. The molecule has 0 bridgehead atoms. The smallest absolute Gasteiger partial charge is 0.387 e. The topological polar surface area (TPSA) is 70.2 Å². The fraction of sp³-hybridized carbons (Fsp3) is 0.514. The van der Waals surface area contributed by atoms with Gasteiger partial charge in [-0.05, 0) is 86.3 Å². The van der Waals surface area contributed by atoms with E-state index < -0.39 is 14.9 Å². The standard InChI is InChI=1S/C37H51F2N5O3Si/c1-26-22-27(2)31(41-28-15-18-42(19-16-28)32-12-8-9-13-33(32)47-36(38)39)23-30(26)35(45)43-20-21-44(34-14-10-11-17-40-34)29(24-43)25-46-48(6,7)37(3,4)5/h8-14,17,22-23,28-29,36,41H,15-16,18-21,24-25H2,1-7H3. The fourth-order valence-corrected chi connectivity index (χ4v) is 7.38. The summed E-state index contributed by atoms with van der Waals surface area (Å²) in [6, 6.07) is 17.2. The van der Waals surface area contributed by atoms with E-state index in [1.165, 1.54) is 0 Å². The van der Waals surface area contributed by atoms with Gasteiger partial charge in [-0.25, -0.2) is 4.98 Å². The van der Waals surface area contributed by atoms with E-state index in [1.54, 1.807) is 12.1 Å². The molecule has 2 fully saturated rings. The molecule has 0 aliphatic carbocycles. The van der Waals surface area contributed by atoms with Crippen LogP contribution in [0.3, 0.4) is 0 Å². The Bertz CT molecular complexity index is 1540. The number of ether oxygens (including phenoxy) is 1. The lowest BCUT2D eigenvalue weighted by molar-refractivity contribution is -0.0495. The van der Waals surface area contributed by atoms with Crippen LogP contribution in [0.5, 0.6) is 5.75 Å². The van der Waals surface area contributed by atoms with Gasteiger partial charge >= 0.3 is 6.61 Å². The highest BCUT2D eigenvalue weighted by Gasteiger charge is 2.39. The first-order valence-electron chi connectivity index (χ1n) is 17.0. The molecule has 8 nitrogen and oxygen atoms in total. The van der Waals surface area contributed by atoms with Gasteiger partial charge in [-0.1, -0.05) is 45.0 Å². The highest BCUT2D eigenvalue weighted by atomic mass is 28.4. The normalized spacial score (nSPS) is 18.0. The van der Waals surface area contributed by atoms with Crippen molar-refractivity contribution in [2.45, 2.75) is 84.3 Å². The number of para-hydroxylation sites is 2. The summed E-state index contributed by atoms with van der Waals surface area (Å²) in [5.41, 5.74) is 4.38. The fourth-order valence-electron chi connectivity index (χ4n) is 6.34. The number of amides is 1. The van der Waals surface area contributed by atoms with Gasteiger partial charge in [0, 0.05) is 56.2 Å². The molecule has 260 valence electrons. The average molecular weight is 680 g/mol. The van der Waals surface area contributed by atoms with Crippen molar-refractivity contribution < 1.29 is 22.7 Å². The zero-order chi connectivity index (χ0) is 34.6. The number of carbonyl (C=O) groups excluding carboxylic acids is 1. The number of rotatable bonds is 10. The van der Waals surface area contributed by atoms with Crippen LogP contribution in [0.15, 0.2) is 60.8 Å². The molecule has 1 aromatic heterocycles. The maximum absolute atomic E-state index is 14.2. The van der Waals surface area contributed by atoms with E-state index in [-0.39, 0.29) is 28.8 Å². The number of halogens is 2. The summed E-state index contributed by atoms with van der Waals surface area (Å²) in [6.45, 7) is 16.2. The molecule has 5 rings (SSSR count). The number of anilines is 3. The van der Waals surface area contributed by atoms with E-state index in [2.05, 4.69) is 67.0 Å². The van der Waals surface area contributed by atoms with Crippen LogP contribution in [0.25, 0.3) is 0 Å². The summed E-state index contributed by atoms with van der Waals surface area (Å²) in [7, 11) is -2.01. The van der Waals surface area contributed by atoms with Gasteiger partial charge in [0.25, 0.3) is 5.91 Å². The lowest BCUT2D eigenvalue weighted by atomic mass is 9.99. The SMILES string of the molecule is Cc1cc(C)c(C(=O)N2CCN(c3ccccn3)C(CO[Si](C)(C)C(C)(C)C)C2)cc1NC1CCN(c2ccccc2OC(F)F)CC1. The van der Waals surface area contributed by atoms with Crippen LogP contribution in [0.4, 0.5) is 26.0 Å². The summed E-state index contributed by atoms with van der Waals surface area (Å²) in [6.07, 6.45) is 3.46. The summed E-state index contributed by atoms with van der Waals surface area (Å²) >= 11 is 0. The Morgan fingerprint density at radius 1 is 1.00 bits per heavy atom. The molecule has 1 unspecified atom stereocenters. The van der Waals surface area contributed by atoms with Gasteiger partial charge in [0.1, 0.15) is 11.6 Å². The van der Waals surface area contributed by atoms with Crippen LogP contribution in [-0.2, 0) is 4.43 Å². The van der Waals surface area contributed by atoms with Gasteiger partial charge in [0.05, 0.1) is 18.3 Å². The molecule has 3 aromatic rings. The summed E-state index contributed by atoms with van der Waals surface area (Å²) in [5.74, 6) is 1.13. The van der Waals surface area contributed by atoms with Gasteiger partial charge in [-0.2, -0.15) is 8.78 Å². The van der Waals surface area contributed by atoms with E-state index in [0.29, 0.717) is 50.6 Å². The molecule has 1 N–H and O–H groups in total. The van der Waals surface area contributed by atoms with E-state index in [4.69, 9.17) is 9.16 Å². The van der Waals surface area contributed by atoms with Crippen LogP contribution < -0.4 is 19.9 Å². The van der Waals surface area contributed by atoms with E-state index in [1.807, 2.05) is 54.4 Å². The van der Waals surface area contributed by atoms with Crippen LogP contribution >= 0.6 is 0 Å². The minimum absolute atomic E-state index is 0.0171. The Balaban J connectivity index is 1.28. The van der Waals surface area contributed by atoms with Crippen LogP contribution in [0.2, 0.25) is 18.1 Å². The number of hydrogen-bond acceptors (Lipinski definition) is 7. The van der Waals surface area contributed by atoms with Crippen LogP contribution in [0, 0.1) is 13.8 Å². The number of hydrogen-bond donors (Lipinski definition) is 1. The van der Waals surface area contributed by atoms with Crippen molar-refractivity contribution in [1.82, 2.24) is 9.88 Å². The molecular formula is C37H51F2N5O3Si. The molecule has 11 heteroatoms. The molecule has 3 heterocycles.